The molecule has 1 N–H and O–H groups in total. The Kier molecular flexibility index (Phi) is 5.40. The van der Waals surface area contributed by atoms with Gasteiger partial charge in [0.1, 0.15) is 12.2 Å². The molecule has 0 bridgehead atoms. The monoisotopic (exact) mass is 316 g/mol. The number of amides is 1. The van der Waals surface area contributed by atoms with Crippen LogP contribution in [0.3, 0.4) is 0 Å². The molecule has 0 saturated carbocycles. The van der Waals surface area contributed by atoms with Gasteiger partial charge < -0.3 is 14.6 Å². The Morgan fingerprint density at radius 3 is 2.72 bits per heavy atom. The molecule has 0 aliphatic rings. The molecule has 1 aromatic heterocycles. The van der Waals surface area contributed by atoms with E-state index in [1.165, 1.54) is 0 Å². The van der Waals surface area contributed by atoms with Gasteiger partial charge in [-0.3, -0.25) is 9.59 Å². The van der Waals surface area contributed by atoms with Crippen LogP contribution in [0, 0.1) is 0 Å². The van der Waals surface area contributed by atoms with E-state index in [1.807, 2.05) is 24.6 Å². The van der Waals surface area contributed by atoms with E-state index in [1.54, 1.807) is 13.0 Å². The number of carbonyl (C=O) groups excluding carboxylic acids is 2. The molecule has 6 heteroatoms. The van der Waals surface area contributed by atoms with E-state index in [9.17, 15) is 9.59 Å². The van der Waals surface area contributed by atoms with Crippen LogP contribution in [0.25, 0.3) is 0 Å². The van der Waals surface area contributed by atoms with Crippen molar-refractivity contribution in [3.8, 4) is 0 Å². The minimum Gasteiger partial charge on any atom is -0.465 e. The molecule has 0 fully saturated rings. The molecular formula is C12H17BrN2O3. The van der Waals surface area contributed by atoms with Crippen LogP contribution in [0.2, 0.25) is 0 Å². The van der Waals surface area contributed by atoms with E-state index < -0.39 is 5.97 Å². The molecule has 0 atom stereocenters. The summed E-state index contributed by atoms with van der Waals surface area (Å²) in [6, 6.07) is 1.89. The number of carbonyl (C=O) groups is 2. The van der Waals surface area contributed by atoms with Crippen LogP contribution >= 0.6 is 15.9 Å². The van der Waals surface area contributed by atoms with Gasteiger partial charge in [-0.15, -0.1) is 0 Å². The number of hydrogen-bond donors (Lipinski definition) is 1. The number of rotatable bonds is 5. The summed E-state index contributed by atoms with van der Waals surface area (Å²) in [4.78, 5) is 23.1. The molecule has 0 aromatic carbocycles. The Balaban J connectivity index is 2.69. The number of esters is 1. The lowest BCUT2D eigenvalue weighted by Crippen LogP contribution is -2.32. The summed E-state index contributed by atoms with van der Waals surface area (Å²) in [5.41, 5.74) is 0.515. The number of nitrogens with zero attached hydrogens (tertiary/aromatic N) is 1. The first-order chi connectivity index (χ1) is 8.45. The maximum atomic E-state index is 11.9. The molecule has 18 heavy (non-hydrogen) atoms. The van der Waals surface area contributed by atoms with E-state index in [0.717, 1.165) is 4.47 Å². The highest BCUT2D eigenvalue weighted by molar-refractivity contribution is 9.10. The summed E-state index contributed by atoms with van der Waals surface area (Å²) < 4.78 is 7.41. The normalized spacial score (nSPS) is 10.5. The summed E-state index contributed by atoms with van der Waals surface area (Å²) in [6.45, 7) is 5.88. The zero-order valence-corrected chi connectivity index (χ0v) is 12.3. The van der Waals surface area contributed by atoms with Crippen LogP contribution in [-0.2, 0) is 9.53 Å². The lowest BCUT2D eigenvalue weighted by molar-refractivity contribution is -0.141. The zero-order valence-electron chi connectivity index (χ0n) is 10.7. The molecule has 5 nitrogen and oxygen atoms in total. The van der Waals surface area contributed by atoms with Crippen molar-refractivity contribution >= 4 is 27.8 Å². The third-order valence-electron chi connectivity index (χ3n) is 2.30. The highest BCUT2D eigenvalue weighted by Gasteiger charge is 2.15. The summed E-state index contributed by atoms with van der Waals surface area (Å²) in [6.07, 6.45) is 1.84. The largest absolute Gasteiger partial charge is 0.465 e. The predicted octanol–water partition coefficient (Wildman–Crippen LogP) is 2.12. The van der Waals surface area contributed by atoms with Gasteiger partial charge in [0.2, 0.25) is 0 Å². The van der Waals surface area contributed by atoms with E-state index in [0.29, 0.717) is 12.3 Å². The Labute approximate surface area is 115 Å². The van der Waals surface area contributed by atoms with E-state index >= 15 is 0 Å². The minimum absolute atomic E-state index is 0.117. The number of ether oxygens (including phenoxy) is 1. The van der Waals surface area contributed by atoms with Crippen molar-refractivity contribution < 1.29 is 14.3 Å². The molecule has 0 radical (unpaired) electrons. The van der Waals surface area contributed by atoms with Gasteiger partial charge in [0, 0.05) is 16.7 Å². The summed E-state index contributed by atoms with van der Waals surface area (Å²) in [5.74, 6) is -0.727. The number of nitrogens with one attached hydrogen (secondary N) is 1. The van der Waals surface area contributed by atoms with Gasteiger partial charge in [-0.05, 0) is 42.8 Å². The molecule has 0 spiro atoms. The van der Waals surface area contributed by atoms with Crippen molar-refractivity contribution in [1.82, 2.24) is 9.88 Å². The second kappa shape index (κ2) is 6.58. The van der Waals surface area contributed by atoms with Crippen molar-refractivity contribution in [3.63, 3.8) is 0 Å². The maximum Gasteiger partial charge on any atom is 0.325 e. The van der Waals surface area contributed by atoms with Crippen molar-refractivity contribution in [2.45, 2.75) is 26.8 Å². The fourth-order valence-corrected chi connectivity index (χ4v) is 1.95. The van der Waals surface area contributed by atoms with Crippen LogP contribution in [0.15, 0.2) is 16.7 Å². The van der Waals surface area contributed by atoms with Crippen LogP contribution in [-0.4, -0.2) is 29.6 Å². The van der Waals surface area contributed by atoms with E-state index in [2.05, 4.69) is 21.2 Å². The molecule has 1 rings (SSSR count). The molecule has 0 unspecified atom stereocenters. The summed E-state index contributed by atoms with van der Waals surface area (Å²) in [5, 5.41) is 2.54. The first-order valence-electron chi connectivity index (χ1n) is 5.76. The van der Waals surface area contributed by atoms with E-state index in [-0.39, 0.29) is 18.5 Å². The summed E-state index contributed by atoms with van der Waals surface area (Å²) in [7, 11) is 0. The number of halogens is 1. The van der Waals surface area contributed by atoms with Crippen molar-refractivity contribution in [2.24, 2.45) is 0 Å². The molecule has 100 valence electrons. The Morgan fingerprint density at radius 2 is 2.17 bits per heavy atom. The Bertz CT molecular complexity index is 441. The lowest BCUT2D eigenvalue weighted by atomic mass is 10.3. The molecule has 1 heterocycles. The average Bonchev–Trinajstić information content (AvgIpc) is 2.69. The quantitative estimate of drug-likeness (QED) is 0.846. The third-order valence-corrected chi connectivity index (χ3v) is 2.74. The lowest BCUT2D eigenvalue weighted by Gasteiger charge is -2.12. The second-order valence-electron chi connectivity index (χ2n) is 4.03. The van der Waals surface area contributed by atoms with Gasteiger partial charge >= 0.3 is 5.97 Å². The standard InChI is InChI=1S/C12H17BrN2O3/c1-4-18-11(16)6-14-12(17)10-5-9(13)7-15(10)8(2)3/h5,7-8H,4,6H2,1-3H3,(H,14,17). The minimum atomic E-state index is -0.437. The van der Waals surface area contributed by atoms with E-state index in [4.69, 9.17) is 4.74 Å². The van der Waals surface area contributed by atoms with Crippen LogP contribution in [0.5, 0.6) is 0 Å². The van der Waals surface area contributed by atoms with Crippen molar-refractivity contribution in [1.29, 1.82) is 0 Å². The van der Waals surface area contributed by atoms with Gasteiger partial charge in [0.25, 0.3) is 5.91 Å². The number of hydrogen-bond acceptors (Lipinski definition) is 3. The topological polar surface area (TPSA) is 60.3 Å². The molecule has 1 amide bonds. The maximum absolute atomic E-state index is 11.9. The smallest absolute Gasteiger partial charge is 0.325 e. The van der Waals surface area contributed by atoms with Gasteiger partial charge in [0.15, 0.2) is 0 Å². The average molecular weight is 317 g/mol. The summed E-state index contributed by atoms with van der Waals surface area (Å²) >= 11 is 3.33. The van der Waals surface area contributed by atoms with Crippen LogP contribution < -0.4 is 5.32 Å². The third kappa shape index (κ3) is 3.87. The highest BCUT2D eigenvalue weighted by Crippen LogP contribution is 2.19. The fourth-order valence-electron chi connectivity index (χ4n) is 1.51. The SMILES string of the molecule is CCOC(=O)CNC(=O)c1cc(Br)cn1C(C)C. The number of aromatic nitrogens is 1. The molecule has 0 aliphatic carbocycles. The van der Waals surface area contributed by atoms with Gasteiger partial charge in [-0.1, -0.05) is 0 Å². The first kappa shape index (κ1) is 14.8. The van der Waals surface area contributed by atoms with Gasteiger partial charge in [-0.25, -0.2) is 0 Å². The molecule has 0 saturated heterocycles. The zero-order chi connectivity index (χ0) is 13.7. The van der Waals surface area contributed by atoms with Crippen molar-refractivity contribution in [3.05, 3.63) is 22.4 Å². The fraction of sp³-hybridized carbons (Fsp3) is 0.500. The second-order valence-corrected chi connectivity index (χ2v) is 4.95. The van der Waals surface area contributed by atoms with Gasteiger partial charge in [0.05, 0.1) is 6.61 Å². The molecule has 0 aliphatic heterocycles. The molecule has 1 aromatic rings. The predicted molar refractivity (Wildman–Crippen MR) is 71.5 cm³/mol. The highest BCUT2D eigenvalue weighted by atomic mass is 79.9. The molecular weight excluding hydrogens is 300 g/mol. The van der Waals surface area contributed by atoms with Crippen LogP contribution in [0.1, 0.15) is 37.3 Å². The van der Waals surface area contributed by atoms with Crippen molar-refractivity contribution in [2.75, 3.05) is 13.2 Å². The Morgan fingerprint density at radius 1 is 1.50 bits per heavy atom. The van der Waals surface area contributed by atoms with Gasteiger partial charge in [-0.2, -0.15) is 0 Å². The first-order valence-corrected chi connectivity index (χ1v) is 6.56. The Hall–Kier alpha value is -1.30. The van der Waals surface area contributed by atoms with Crippen LogP contribution in [0.4, 0.5) is 0 Å².